The summed E-state index contributed by atoms with van der Waals surface area (Å²) < 4.78 is 5.10. The van der Waals surface area contributed by atoms with Gasteiger partial charge in [-0.15, -0.1) is 11.3 Å². The van der Waals surface area contributed by atoms with Crippen LogP contribution in [0.5, 0.6) is 0 Å². The molecule has 0 aliphatic heterocycles. The number of rotatable bonds is 9. The van der Waals surface area contributed by atoms with Crippen LogP contribution in [0.3, 0.4) is 0 Å². The Morgan fingerprint density at radius 3 is 2.59 bits per heavy atom. The van der Waals surface area contributed by atoms with Gasteiger partial charge in [-0.2, -0.15) is 0 Å². The van der Waals surface area contributed by atoms with E-state index in [2.05, 4.69) is 48.5 Å². The van der Waals surface area contributed by atoms with E-state index in [0.29, 0.717) is 23.7 Å². The van der Waals surface area contributed by atoms with Gasteiger partial charge in [0.1, 0.15) is 9.88 Å². The lowest BCUT2D eigenvalue weighted by atomic mass is 9.93. The van der Waals surface area contributed by atoms with Crippen LogP contribution in [0.1, 0.15) is 61.0 Å². The normalized spacial score (nSPS) is 13.6. The summed E-state index contributed by atoms with van der Waals surface area (Å²) in [4.78, 5) is 24.0. The zero-order valence-electron chi connectivity index (χ0n) is 18.0. The third-order valence-corrected chi connectivity index (χ3v) is 5.07. The lowest BCUT2D eigenvalue weighted by Gasteiger charge is -2.27. The van der Waals surface area contributed by atoms with Crippen LogP contribution >= 0.6 is 11.3 Å². The van der Waals surface area contributed by atoms with Gasteiger partial charge in [0, 0.05) is 19.6 Å². The van der Waals surface area contributed by atoms with Gasteiger partial charge in [-0.25, -0.2) is 9.78 Å². The number of thiazole rings is 1. The molecule has 2 N–H and O–H groups in total. The summed E-state index contributed by atoms with van der Waals surface area (Å²) in [6, 6.07) is -0.0633. The summed E-state index contributed by atoms with van der Waals surface area (Å²) in [5.41, 5.74) is 0.778. The minimum Gasteiger partial charge on any atom is -0.462 e. The molecule has 1 aromatic heterocycles. The molecule has 1 aromatic rings. The Hall–Kier alpha value is -1.67. The Labute approximate surface area is 167 Å². The molecule has 0 aromatic carbocycles. The topological polar surface area (TPSA) is 78.9 Å². The van der Waals surface area contributed by atoms with E-state index < -0.39 is 0 Å². The van der Waals surface area contributed by atoms with Crippen LogP contribution in [0.15, 0.2) is 4.99 Å². The highest BCUT2D eigenvalue weighted by Gasteiger charge is 2.21. The van der Waals surface area contributed by atoms with Gasteiger partial charge in [-0.05, 0) is 47.2 Å². The Kier molecular flexibility index (Phi) is 9.18. The highest BCUT2D eigenvalue weighted by Crippen LogP contribution is 2.24. The highest BCUT2D eigenvalue weighted by atomic mass is 32.1. The zero-order chi connectivity index (χ0) is 20.6. The number of nitrogens with zero attached hydrogens (tertiary/aromatic N) is 3. The maximum absolute atomic E-state index is 12.0. The summed E-state index contributed by atoms with van der Waals surface area (Å²) in [5.74, 6) is 0.444. The van der Waals surface area contributed by atoms with Crippen molar-refractivity contribution in [2.24, 2.45) is 10.4 Å². The summed E-state index contributed by atoms with van der Waals surface area (Å²) in [6.45, 7) is 14.9. The molecule has 0 fully saturated rings. The number of aliphatic imine (C=N–C) groups is 1. The standard InChI is InChI=1S/C19H35N5O2S/c1-9-20-18(21-11-19(5,6)12-24(7)8)23-14(4)16-22-13(3)15(27-16)17(25)26-10-2/h14H,9-12H2,1-8H3,(H2,20,21,23). The molecular formula is C19H35N5O2S. The maximum atomic E-state index is 12.0. The molecule has 1 rings (SSSR count). The summed E-state index contributed by atoms with van der Waals surface area (Å²) in [7, 11) is 4.14. The Morgan fingerprint density at radius 1 is 1.37 bits per heavy atom. The van der Waals surface area contributed by atoms with Crippen molar-refractivity contribution >= 4 is 23.3 Å². The summed E-state index contributed by atoms with van der Waals surface area (Å²) >= 11 is 1.37. The molecule has 0 saturated carbocycles. The van der Waals surface area contributed by atoms with Crippen LogP contribution < -0.4 is 10.6 Å². The fourth-order valence-corrected chi connectivity index (χ4v) is 3.74. The van der Waals surface area contributed by atoms with Crippen molar-refractivity contribution < 1.29 is 9.53 Å². The van der Waals surface area contributed by atoms with Gasteiger partial charge >= 0.3 is 5.97 Å². The Balaban J connectivity index is 2.86. The van der Waals surface area contributed by atoms with Crippen LogP contribution in [0, 0.1) is 12.3 Å². The van der Waals surface area contributed by atoms with Crippen LogP contribution in [-0.4, -0.2) is 62.1 Å². The average Bonchev–Trinajstić information content (AvgIpc) is 2.94. The number of ether oxygens (including phenoxy) is 1. The first-order valence-corrected chi connectivity index (χ1v) is 10.2. The molecule has 7 nitrogen and oxygen atoms in total. The summed E-state index contributed by atoms with van der Waals surface area (Å²) in [5, 5.41) is 7.52. The van der Waals surface area contributed by atoms with Gasteiger partial charge < -0.3 is 20.3 Å². The number of aromatic nitrogens is 1. The first-order chi connectivity index (χ1) is 12.6. The van der Waals surface area contributed by atoms with E-state index in [1.54, 1.807) is 6.92 Å². The third-order valence-electron chi connectivity index (χ3n) is 3.75. The van der Waals surface area contributed by atoms with E-state index in [4.69, 9.17) is 9.73 Å². The first kappa shape index (κ1) is 23.4. The molecular weight excluding hydrogens is 362 g/mol. The third kappa shape index (κ3) is 7.84. The van der Waals surface area contributed by atoms with Gasteiger partial charge in [0.05, 0.1) is 18.3 Å². The van der Waals surface area contributed by atoms with Crippen molar-refractivity contribution in [3.05, 3.63) is 15.6 Å². The molecule has 154 valence electrons. The number of carbonyl (C=O) groups is 1. The molecule has 0 aliphatic rings. The van der Waals surface area contributed by atoms with Crippen LogP contribution in [0.25, 0.3) is 0 Å². The Bertz CT molecular complexity index is 640. The molecule has 1 atom stereocenters. The lowest BCUT2D eigenvalue weighted by molar-refractivity contribution is 0.0531. The number of carbonyl (C=O) groups excluding carboxylic acids is 1. The second kappa shape index (κ2) is 10.6. The number of aryl methyl sites for hydroxylation is 1. The maximum Gasteiger partial charge on any atom is 0.350 e. The molecule has 0 aliphatic carbocycles. The van der Waals surface area contributed by atoms with Crippen molar-refractivity contribution in [1.82, 2.24) is 20.5 Å². The number of nitrogens with one attached hydrogen (secondary N) is 2. The molecule has 0 saturated heterocycles. The van der Waals surface area contributed by atoms with Gasteiger partial charge in [0.25, 0.3) is 0 Å². The molecule has 1 unspecified atom stereocenters. The molecule has 0 amide bonds. The van der Waals surface area contributed by atoms with Gasteiger partial charge in [0.2, 0.25) is 0 Å². The zero-order valence-corrected chi connectivity index (χ0v) is 18.8. The average molecular weight is 398 g/mol. The van der Waals surface area contributed by atoms with E-state index in [0.717, 1.165) is 24.1 Å². The molecule has 0 spiro atoms. The van der Waals surface area contributed by atoms with E-state index >= 15 is 0 Å². The molecule has 8 heteroatoms. The largest absolute Gasteiger partial charge is 0.462 e. The highest BCUT2D eigenvalue weighted by molar-refractivity contribution is 7.13. The molecule has 0 bridgehead atoms. The Morgan fingerprint density at radius 2 is 2.04 bits per heavy atom. The van der Waals surface area contributed by atoms with Crippen LogP contribution in [0.2, 0.25) is 0 Å². The van der Waals surface area contributed by atoms with Gasteiger partial charge in [-0.1, -0.05) is 13.8 Å². The van der Waals surface area contributed by atoms with Crippen molar-refractivity contribution in [3.8, 4) is 0 Å². The second-order valence-corrected chi connectivity index (χ2v) is 8.68. The smallest absolute Gasteiger partial charge is 0.350 e. The van der Waals surface area contributed by atoms with Crippen molar-refractivity contribution in [1.29, 1.82) is 0 Å². The fourth-order valence-electron chi connectivity index (χ4n) is 2.77. The van der Waals surface area contributed by atoms with E-state index in [-0.39, 0.29) is 17.4 Å². The quantitative estimate of drug-likeness (QED) is 0.379. The summed E-state index contributed by atoms with van der Waals surface area (Å²) in [6.07, 6.45) is 0. The van der Waals surface area contributed by atoms with Crippen molar-refractivity contribution in [3.63, 3.8) is 0 Å². The number of hydrogen-bond donors (Lipinski definition) is 2. The minimum absolute atomic E-state index is 0.0633. The van der Waals surface area contributed by atoms with Crippen LogP contribution in [0.4, 0.5) is 0 Å². The minimum atomic E-state index is -0.308. The molecule has 0 radical (unpaired) electrons. The predicted molar refractivity (Wildman–Crippen MR) is 113 cm³/mol. The van der Waals surface area contributed by atoms with E-state index in [9.17, 15) is 4.79 Å². The number of hydrogen-bond acceptors (Lipinski definition) is 6. The van der Waals surface area contributed by atoms with Crippen molar-refractivity contribution in [2.45, 2.75) is 47.6 Å². The number of esters is 1. The SMILES string of the molecule is CCNC(=NCC(C)(C)CN(C)C)NC(C)c1nc(C)c(C(=O)OCC)s1. The molecule has 1 heterocycles. The lowest BCUT2D eigenvalue weighted by Crippen LogP contribution is -2.40. The van der Waals surface area contributed by atoms with E-state index in [1.807, 2.05) is 20.8 Å². The van der Waals surface area contributed by atoms with Crippen molar-refractivity contribution in [2.75, 3.05) is 40.3 Å². The fraction of sp³-hybridized carbons (Fsp3) is 0.737. The first-order valence-electron chi connectivity index (χ1n) is 9.43. The van der Waals surface area contributed by atoms with Gasteiger partial charge in [-0.3, -0.25) is 4.99 Å². The van der Waals surface area contributed by atoms with Crippen LogP contribution in [-0.2, 0) is 4.74 Å². The van der Waals surface area contributed by atoms with Gasteiger partial charge in [0.15, 0.2) is 5.96 Å². The number of guanidine groups is 1. The second-order valence-electron chi connectivity index (χ2n) is 7.65. The predicted octanol–water partition coefficient (Wildman–Crippen LogP) is 2.83. The monoisotopic (exact) mass is 397 g/mol. The van der Waals surface area contributed by atoms with E-state index in [1.165, 1.54) is 11.3 Å². The molecule has 27 heavy (non-hydrogen) atoms.